The topological polar surface area (TPSA) is 99.4 Å². The van der Waals surface area contributed by atoms with E-state index in [1.807, 2.05) is 30.3 Å². The van der Waals surface area contributed by atoms with Gasteiger partial charge in [-0.2, -0.15) is 9.37 Å². The molecule has 3 aromatic heterocycles. The Morgan fingerprint density at radius 3 is 2.57 bits per heavy atom. The summed E-state index contributed by atoms with van der Waals surface area (Å²) < 4.78 is 29.5. The number of benzene rings is 1. The van der Waals surface area contributed by atoms with E-state index in [1.54, 1.807) is 51.2 Å². The fraction of sp³-hybridized carbons (Fsp3) is 0.231. The first-order chi connectivity index (χ1) is 16.7. The zero-order valence-electron chi connectivity index (χ0n) is 19.6. The van der Waals surface area contributed by atoms with E-state index in [4.69, 9.17) is 14.0 Å². The maximum absolute atomic E-state index is 13.2. The predicted octanol–water partition coefficient (Wildman–Crippen LogP) is 5.79. The van der Waals surface area contributed by atoms with E-state index in [2.05, 4.69) is 20.4 Å². The molecule has 0 aliphatic heterocycles. The van der Waals surface area contributed by atoms with Gasteiger partial charge < -0.3 is 14.0 Å². The standard InChI is InChI=1S/C26H25FN4O4/c1-26(2,3)34-25(32)30-24-20(6-5-13-28-24)21-15-19(31-35-21)14-17-9-11-18(12-10-17)16-33-23-8-4-7-22(27)29-23/h4-13,15H,14,16H2,1-3H3,(H,28,30,32). The Kier molecular flexibility index (Phi) is 7.05. The average molecular weight is 477 g/mol. The molecule has 0 aliphatic rings. The Morgan fingerprint density at radius 2 is 1.83 bits per heavy atom. The summed E-state index contributed by atoms with van der Waals surface area (Å²) in [6.45, 7) is 5.64. The number of halogens is 1. The van der Waals surface area contributed by atoms with Gasteiger partial charge in [-0.1, -0.05) is 35.5 Å². The number of rotatable bonds is 7. The van der Waals surface area contributed by atoms with E-state index >= 15 is 0 Å². The van der Waals surface area contributed by atoms with Crippen molar-refractivity contribution in [3.05, 3.63) is 89.6 Å². The molecule has 180 valence electrons. The van der Waals surface area contributed by atoms with Gasteiger partial charge in [0.1, 0.15) is 18.0 Å². The summed E-state index contributed by atoms with van der Waals surface area (Å²) in [5.41, 5.74) is 2.64. The van der Waals surface area contributed by atoms with E-state index in [0.717, 1.165) is 16.8 Å². The summed E-state index contributed by atoms with van der Waals surface area (Å²) in [6.07, 6.45) is 1.52. The Balaban J connectivity index is 1.39. The molecule has 0 aliphatic carbocycles. The van der Waals surface area contributed by atoms with Gasteiger partial charge in [0.2, 0.25) is 11.8 Å². The fourth-order valence-electron chi connectivity index (χ4n) is 3.22. The van der Waals surface area contributed by atoms with E-state index in [1.165, 1.54) is 6.07 Å². The molecule has 0 bridgehead atoms. The lowest BCUT2D eigenvalue weighted by Gasteiger charge is -2.19. The monoisotopic (exact) mass is 476 g/mol. The van der Waals surface area contributed by atoms with Crippen LogP contribution in [0.5, 0.6) is 5.88 Å². The number of hydrogen-bond donors (Lipinski definition) is 1. The molecule has 4 aromatic rings. The van der Waals surface area contributed by atoms with Gasteiger partial charge in [0.25, 0.3) is 0 Å². The van der Waals surface area contributed by atoms with Crippen LogP contribution in [0, 0.1) is 5.95 Å². The number of pyridine rings is 2. The van der Waals surface area contributed by atoms with Crippen molar-refractivity contribution in [2.75, 3.05) is 5.32 Å². The zero-order chi connectivity index (χ0) is 24.8. The van der Waals surface area contributed by atoms with Crippen molar-refractivity contribution in [2.45, 2.75) is 39.4 Å². The third kappa shape index (κ3) is 6.86. The molecule has 1 aromatic carbocycles. The first-order valence-electron chi connectivity index (χ1n) is 11.0. The van der Waals surface area contributed by atoms with Gasteiger partial charge in [-0.05, 0) is 50.1 Å². The van der Waals surface area contributed by atoms with E-state index in [9.17, 15) is 9.18 Å². The minimum Gasteiger partial charge on any atom is -0.473 e. The molecule has 0 spiro atoms. The van der Waals surface area contributed by atoms with Gasteiger partial charge in [-0.25, -0.2) is 9.78 Å². The van der Waals surface area contributed by atoms with Crippen LogP contribution in [0.15, 0.2) is 71.4 Å². The van der Waals surface area contributed by atoms with E-state index in [-0.39, 0.29) is 12.5 Å². The number of aromatic nitrogens is 3. The van der Waals surface area contributed by atoms with Crippen molar-refractivity contribution < 1.29 is 23.2 Å². The Hall–Kier alpha value is -4.27. The molecule has 1 amide bonds. The summed E-state index contributed by atoms with van der Waals surface area (Å²) in [7, 11) is 0. The molecule has 9 heteroatoms. The summed E-state index contributed by atoms with van der Waals surface area (Å²) in [4.78, 5) is 20.1. The second-order valence-electron chi connectivity index (χ2n) is 8.79. The highest BCUT2D eigenvalue weighted by Crippen LogP contribution is 2.28. The van der Waals surface area contributed by atoms with Gasteiger partial charge in [0.05, 0.1) is 11.3 Å². The molecule has 0 unspecified atom stereocenters. The molecule has 8 nitrogen and oxygen atoms in total. The number of ether oxygens (including phenoxy) is 2. The maximum atomic E-state index is 13.2. The van der Waals surface area contributed by atoms with Crippen LogP contribution in [-0.2, 0) is 17.8 Å². The third-order valence-electron chi connectivity index (χ3n) is 4.74. The third-order valence-corrected chi connectivity index (χ3v) is 4.74. The number of carbonyl (C=O) groups is 1. The predicted molar refractivity (Wildman–Crippen MR) is 127 cm³/mol. The van der Waals surface area contributed by atoms with E-state index in [0.29, 0.717) is 23.6 Å². The zero-order valence-corrected chi connectivity index (χ0v) is 19.6. The van der Waals surface area contributed by atoms with Crippen molar-refractivity contribution in [2.24, 2.45) is 0 Å². The summed E-state index contributed by atoms with van der Waals surface area (Å²) >= 11 is 0. The average Bonchev–Trinajstić information content (AvgIpc) is 3.26. The van der Waals surface area contributed by atoms with Crippen molar-refractivity contribution >= 4 is 11.9 Å². The molecular weight excluding hydrogens is 451 g/mol. The minimum atomic E-state index is -0.629. The van der Waals surface area contributed by atoms with Crippen LogP contribution in [0.4, 0.5) is 15.0 Å². The van der Waals surface area contributed by atoms with Gasteiger partial charge >= 0.3 is 6.09 Å². The van der Waals surface area contributed by atoms with Crippen LogP contribution in [0.1, 0.15) is 37.6 Å². The molecule has 35 heavy (non-hydrogen) atoms. The fourth-order valence-corrected chi connectivity index (χ4v) is 3.22. The highest BCUT2D eigenvalue weighted by molar-refractivity contribution is 5.88. The first-order valence-corrected chi connectivity index (χ1v) is 11.0. The minimum absolute atomic E-state index is 0.236. The molecule has 0 radical (unpaired) electrons. The van der Waals surface area contributed by atoms with E-state index < -0.39 is 17.6 Å². The molecule has 3 heterocycles. The molecule has 4 rings (SSSR count). The van der Waals surface area contributed by atoms with Gasteiger partial charge in [0, 0.05) is 24.8 Å². The highest BCUT2D eigenvalue weighted by atomic mass is 19.1. The number of nitrogens with one attached hydrogen (secondary N) is 1. The number of nitrogens with zero attached hydrogens (tertiary/aromatic N) is 3. The lowest BCUT2D eigenvalue weighted by Crippen LogP contribution is -2.27. The summed E-state index contributed by atoms with van der Waals surface area (Å²) in [5.74, 6) is 0.456. The van der Waals surface area contributed by atoms with Crippen molar-refractivity contribution in [1.82, 2.24) is 15.1 Å². The Bertz CT molecular complexity index is 1300. The van der Waals surface area contributed by atoms with Crippen LogP contribution in [0.2, 0.25) is 0 Å². The molecule has 0 fully saturated rings. The van der Waals surface area contributed by atoms with Gasteiger partial charge in [-0.15, -0.1) is 0 Å². The second kappa shape index (κ2) is 10.3. The van der Waals surface area contributed by atoms with Crippen LogP contribution in [-0.4, -0.2) is 26.8 Å². The van der Waals surface area contributed by atoms with Gasteiger partial charge in [0.15, 0.2) is 5.76 Å². The van der Waals surface area contributed by atoms with Gasteiger partial charge in [-0.3, -0.25) is 5.32 Å². The Labute approximate surface area is 202 Å². The molecule has 0 saturated heterocycles. The first kappa shape index (κ1) is 23.9. The largest absolute Gasteiger partial charge is 0.473 e. The highest BCUT2D eigenvalue weighted by Gasteiger charge is 2.19. The number of hydrogen-bond acceptors (Lipinski definition) is 7. The summed E-state index contributed by atoms with van der Waals surface area (Å²) in [6, 6.07) is 17.6. The van der Waals surface area contributed by atoms with Crippen LogP contribution in [0.3, 0.4) is 0 Å². The number of amides is 1. The number of anilines is 1. The lowest BCUT2D eigenvalue weighted by molar-refractivity contribution is 0.0635. The van der Waals surface area contributed by atoms with Crippen molar-refractivity contribution in [3.63, 3.8) is 0 Å². The molecule has 1 N–H and O–H groups in total. The van der Waals surface area contributed by atoms with Crippen LogP contribution >= 0.6 is 0 Å². The summed E-state index contributed by atoms with van der Waals surface area (Å²) in [5, 5.41) is 6.82. The second-order valence-corrected chi connectivity index (χ2v) is 8.79. The smallest absolute Gasteiger partial charge is 0.413 e. The maximum Gasteiger partial charge on any atom is 0.413 e. The molecule has 0 saturated carbocycles. The quantitative estimate of drug-likeness (QED) is 0.337. The van der Waals surface area contributed by atoms with Crippen molar-refractivity contribution in [3.8, 4) is 17.2 Å². The van der Waals surface area contributed by atoms with Crippen molar-refractivity contribution in [1.29, 1.82) is 0 Å². The Morgan fingerprint density at radius 1 is 1.06 bits per heavy atom. The normalized spacial score (nSPS) is 11.2. The number of carbonyl (C=O) groups excluding carboxylic acids is 1. The lowest BCUT2D eigenvalue weighted by atomic mass is 10.1. The van der Waals surface area contributed by atoms with Crippen LogP contribution < -0.4 is 10.1 Å². The molecule has 0 atom stereocenters. The van der Waals surface area contributed by atoms with Crippen LogP contribution in [0.25, 0.3) is 11.3 Å². The SMILES string of the molecule is CC(C)(C)OC(=O)Nc1ncccc1-c1cc(Cc2ccc(COc3cccc(F)n3)cc2)no1. The molecular formula is C26H25FN4O4.